The predicted molar refractivity (Wildman–Crippen MR) is 47.3 cm³/mol. The number of hydrogen-bond acceptors (Lipinski definition) is 2. The molecule has 68 valence electrons. The van der Waals surface area contributed by atoms with Crippen LogP contribution in [0.5, 0.6) is 5.75 Å². The molecular formula is C9H7ClFNO. The van der Waals surface area contributed by atoms with Crippen LogP contribution in [0.3, 0.4) is 0 Å². The van der Waals surface area contributed by atoms with Crippen molar-refractivity contribution in [2.24, 2.45) is 0 Å². The maximum absolute atomic E-state index is 13.3. The van der Waals surface area contributed by atoms with Crippen molar-refractivity contribution in [2.45, 2.75) is 6.42 Å². The molecule has 0 radical (unpaired) electrons. The summed E-state index contributed by atoms with van der Waals surface area (Å²) in [7, 11) is 1.35. The van der Waals surface area contributed by atoms with Gasteiger partial charge in [0.25, 0.3) is 0 Å². The average molecular weight is 200 g/mol. The van der Waals surface area contributed by atoms with Crippen molar-refractivity contribution in [3.63, 3.8) is 0 Å². The van der Waals surface area contributed by atoms with Gasteiger partial charge in [-0.3, -0.25) is 0 Å². The average Bonchev–Trinajstić information content (AvgIpc) is 2.11. The fourth-order valence-electron chi connectivity index (χ4n) is 0.981. The first-order chi connectivity index (χ1) is 6.19. The molecule has 0 N–H and O–H groups in total. The molecule has 0 saturated heterocycles. The normalized spacial score (nSPS) is 9.38. The minimum absolute atomic E-state index is 0.0112. The Hall–Kier alpha value is -1.27. The first-order valence-electron chi connectivity index (χ1n) is 3.58. The molecule has 1 aromatic rings. The Morgan fingerprint density at radius 2 is 2.31 bits per heavy atom. The lowest BCUT2D eigenvalue weighted by molar-refractivity contribution is 0.385. The van der Waals surface area contributed by atoms with Crippen LogP contribution in [0.4, 0.5) is 4.39 Å². The zero-order chi connectivity index (χ0) is 9.84. The van der Waals surface area contributed by atoms with Gasteiger partial charge in [-0.1, -0.05) is 11.6 Å². The molecule has 0 amide bonds. The minimum atomic E-state index is -0.520. The van der Waals surface area contributed by atoms with Gasteiger partial charge in [-0.05, 0) is 6.07 Å². The smallest absolute Gasteiger partial charge is 0.169 e. The molecule has 13 heavy (non-hydrogen) atoms. The van der Waals surface area contributed by atoms with E-state index in [2.05, 4.69) is 0 Å². The second-order valence-electron chi connectivity index (χ2n) is 2.42. The quantitative estimate of drug-likeness (QED) is 0.734. The summed E-state index contributed by atoms with van der Waals surface area (Å²) in [5, 5.41) is 8.76. The largest absolute Gasteiger partial charge is 0.494 e. The Bertz CT molecular complexity index is 359. The molecule has 0 aliphatic heterocycles. The van der Waals surface area contributed by atoms with E-state index in [0.29, 0.717) is 5.02 Å². The third-order valence-electron chi connectivity index (χ3n) is 1.57. The lowest BCUT2D eigenvalue weighted by Crippen LogP contribution is -1.94. The fourth-order valence-corrected chi connectivity index (χ4v) is 1.21. The Morgan fingerprint density at radius 1 is 1.62 bits per heavy atom. The van der Waals surface area contributed by atoms with Crippen molar-refractivity contribution in [3.8, 4) is 11.8 Å². The number of hydrogen-bond donors (Lipinski definition) is 0. The third kappa shape index (κ3) is 2.10. The van der Waals surface area contributed by atoms with Crippen LogP contribution in [0.25, 0.3) is 0 Å². The number of ether oxygens (including phenoxy) is 1. The van der Waals surface area contributed by atoms with Gasteiger partial charge in [-0.2, -0.15) is 5.26 Å². The zero-order valence-electron chi connectivity index (χ0n) is 6.97. The molecule has 2 nitrogen and oxygen atoms in total. The summed E-state index contributed by atoms with van der Waals surface area (Å²) in [5.74, 6) is -0.453. The highest BCUT2D eigenvalue weighted by molar-refractivity contribution is 6.30. The first-order valence-corrected chi connectivity index (χ1v) is 3.95. The molecule has 0 saturated carbocycles. The van der Waals surface area contributed by atoms with Crippen LogP contribution in [0, 0.1) is 17.1 Å². The van der Waals surface area contributed by atoms with Gasteiger partial charge in [0, 0.05) is 16.7 Å². The van der Waals surface area contributed by atoms with Gasteiger partial charge >= 0.3 is 0 Å². The minimum Gasteiger partial charge on any atom is -0.494 e. The molecule has 1 aromatic carbocycles. The van der Waals surface area contributed by atoms with Crippen LogP contribution in [0.2, 0.25) is 5.02 Å². The summed E-state index contributed by atoms with van der Waals surface area (Å²) in [5.41, 5.74) is 0.256. The van der Waals surface area contributed by atoms with E-state index < -0.39 is 5.82 Å². The second kappa shape index (κ2) is 4.11. The number of methoxy groups -OCH3 is 1. The van der Waals surface area contributed by atoms with Crippen LogP contribution in [-0.4, -0.2) is 7.11 Å². The van der Waals surface area contributed by atoms with Crippen molar-refractivity contribution in [3.05, 3.63) is 28.5 Å². The van der Waals surface area contributed by atoms with Crippen molar-refractivity contribution >= 4 is 11.6 Å². The van der Waals surface area contributed by atoms with Crippen molar-refractivity contribution in [1.82, 2.24) is 0 Å². The van der Waals surface area contributed by atoms with Gasteiger partial charge in [0.2, 0.25) is 0 Å². The van der Waals surface area contributed by atoms with Gasteiger partial charge in [0.1, 0.15) is 0 Å². The topological polar surface area (TPSA) is 33.0 Å². The summed E-state index contributed by atoms with van der Waals surface area (Å²) in [6, 6.07) is 4.64. The molecule has 0 aliphatic rings. The molecule has 0 heterocycles. The van der Waals surface area contributed by atoms with Crippen LogP contribution in [0.15, 0.2) is 12.1 Å². The molecule has 0 fully saturated rings. The summed E-state index contributed by atoms with van der Waals surface area (Å²) in [6.45, 7) is 0. The highest BCUT2D eigenvalue weighted by atomic mass is 35.5. The summed E-state index contributed by atoms with van der Waals surface area (Å²) < 4.78 is 18.0. The first kappa shape index (κ1) is 9.82. The lowest BCUT2D eigenvalue weighted by atomic mass is 10.1. The van der Waals surface area contributed by atoms with Crippen LogP contribution in [0.1, 0.15) is 5.56 Å². The van der Waals surface area contributed by atoms with Gasteiger partial charge in [0.15, 0.2) is 11.6 Å². The van der Waals surface area contributed by atoms with Gasteiger partial charge < -0.3 is 4.74 Å². The summed E-state index contributed by atoms with van der Waals surface area (Å²) in [6.07, 6.45) is -0.0112. The fraction of sp³-hybridized carbons (Fsp3) is 0.222. The monoisotopic (exact) mass is 199 g/mol. The molecule has 0 spiro atoms. The summed E-state index contributed by atoms with van der Waals surface area (Å²) >= 11 is 5.68. The molecule has 0 atom stereocenters. The SMILES string of the molecule is COc1cc(Cl)cc(CC#N)c1F. The third-order valence-corrected chi connectivity index (χ3v) is 1.79. The van der Waals surface area contributed by atoms with Crippen LogP contribution < -0.4 is 4.74 Å². The molecular weight excluding hydrogens is 193 g/mol. The molecule has 1 rings (SSSR count). The van der Waals surface area contributed by atoms with E-state index in [1.165, 1.54) is 19.2 Å². The number of nitrogens with zero attached hydrogens (tertiary/aromatic N) is 1. The Morgan fingerprint density at radius 3 is 2.85 bits per heavy atom. The van der Waals surface area contributed by atoms with Crippen molar-refractivity contribution in [1.29, 1.82) is 5.26 Å². The predicted octanol–water partition coefficient (Wildman–Crippen LogP) is 2.55. The standard InChI is InChI=1S/C9H7ClFNO/c1-13-8-5-7(10)4-6(2-3-12)9(8)11/h4-5H,2H2,1H3. The van der Waals surface area contributed by atoms with Crippen molar-refractivity contribution in [2.75, 3.05) is 7.11 Å². The van der Waals surface area contributed by atoms with E-state index in [9.17, 15) is 4.39 Å². The Balaban J connectivity index is 3.20. The number of halogens is 2. The lowest BCUT2D eigenvalue weighted by Gasteiger charge is -2.05. The zero-order valence-corrected chi connectivity index (χ0v) is 7.73. The highest BCUT2D eigenvalue weighted by Gasteiger charge is 2.09. The van der Waals surface area contributed by atoms with Crippen LogP contribution in [-0.2, 0) is 6.42 Å². The molecule has 0 aromatic heterocycles. The molecule has 0 aliphatic carbocycles. The van der Waals surface area contributed by atoms with E-state index in [4.69, 9.17) is 21.6 Å². The summed E-state index contributed by atoms with van der Waals surface area (Å²) in [4.78, 5) is 0. The van der Waals surface area contributed by atoms with Gasteiger partial charge in [0.05, 0.1) is 19.6 Å². The van der Waals surface area contributed by atoms with E-state index in [-0.39, 0.29) is 17.7 Å². The molecule has 4 heteroatoms. The Kier molecular flexibility index (Phi) is 3.10. The molecule has 0 bridgehead atoms. The van der Waals surface area contributed by atoms with Crippen LogP contribution >= 0.6 is 11.6 Å². The Labute approximate surface area is 80.5 Å². The van der Waals surface area contributed by atoms with Gasteiger partial charge in [-0.25, -0.2) is 4.39 Å². The van der Waals surface area contributed by atoms with E-state index >= 15 is 0 Å². The molecule has 0 unspecified atom stereocenters. The van der Waals surface area contributed by atoms with Gasteiger partial charge in [-0.15, -0.1) is 0 Å². The maximum atomic E-state index is 13.3. The number of nitriles is 1. The second-order valence-corrected chi connectivity index (χ2v) is 2.85. The maximum Gasteiger partial charge on any atom is 0.169 e. The van der Waals surface area contributed by atoms with E-state index in [1.54, 1.807) is 0 Å². The highest BCUT2D eigenvalue weighted by Crippen LogP contribution is 2.25. The van der Waals surface area contributed by atoms with Crippen molar-refractivity contribution < 1.29 is 9.13 Å². The number of benzene rings is 1. The number of rotatable bonds is 2. The van der Waals surface area contributed by atoms with E-state index in [1.807, 2.05) is 6.07 Å². The van der Waals surface area contributed by atoms with E-state index in [0.717, 1.165) is 0 Å².